The molecule has 0 radical (unpaired) electrons. The van der Waals surface area contributed by atoms with Crippen molar-refractivity contribution in [2.45, 2.75) is 13.8 Å². The van der Waals surface area contributed by atoms with Gasteiger partial charge < -0.3 is 4.42 Å². The lowest BCUT2D eigenvalue weighted by Gasteiger charge is -2.02. The molecule has 1 amide bonds. The summed E-state index contributed by atoms with van der Waals surface area (Å²) in [6.45, 7) is 3.95. The first-order valence-corrected chi connectivity index (χ1v) is 6.75. The highest BCUT2D eigenvalue weighted by atomic mass is 16.4. The Labute approximate surface area is 127 Å². The summed E-state index contributed by atoms with van der Waals surface area (Å²) < 4.78 is 7.06. The molecule has 0 saturated carbocycles. The van der Waals surface area contributed by atoms with E-state index in [9.17, 15) is 4.79 Å². The number of carbonyl (C=O) groups is 1. The summed E-state index contributed by atoms with van der Waals surface area (Å²) in [6.07, 6.45) is 1.68. The van der Waals surface area contributed by atoms with Crippen LogP contribution >= 0.6 is 0 Å². The first kappa shape index (κ1) is 14.0. The highest BCUT2D eigenvalue weighted by Crippen LogP contribution is 2.24. The van der Waals surface area contributed by atoms with Crippen LogP contribution < -0.4 is 5.32 Å². The van der Waals surface area contributed by atoms with Crippen molar-refractivity contribution in [3.8, 4) is 11.5 Å². The monoisotopic (exact) mass is 297 g/mol. The summed E-state index contributed by atoms with van der Waals surface area (Å²) in [4.78, 5) is 12.0. The summed E-state index contributed by atoms with van der Waals surface area (Å²) in [5.74, 6) is -0.0192. The topological polar surface area (TPSA) is 85.8 Å². The van der Waals surface area contributed by atoms with Gasteiger partial charge in [-0.2, -0.15) is 5.10 Å². The number of amides is 1. The van der Waals surface area contributed by atoms with E-state index in [1.54, 1.807) is 24.0 Å². The Bertz CT molecular complexity index is 834. The fourth-order valence-electron chi connectivity index (χ4n) is 2.05. The standard InChI is InChI=1S/C15H15N5O2/c1-9-4-5-10(2)11(8-9)14-17-18-15(22-14)16-13(21)12-6-7-20(3)19-12/h4-8H,1-3H3,(H,16,18,21). The molecular formula is C15H15N5O2. The van der Waals surface area contributed by atoms with Gasteiger partial charge in [0, 0.05) is 18.8 Å². The van der Waals surface area contributed by atoms with Crippen LogP contribution in [0.3, 0.4) is 0 Å². The molecule has 1 aromatic carbocycles. The molecule has 22 heavy (non-hydrogen) atoms. The van der Waals surface area contributed by atoms with Crippen molar-refractivity contribution in [3.63, 3.8) is 0 Å². The number of carbonyl (C=O) groups excluding carboxylic acids is 1. The maximum absolute atomic E-state index is 12.0. The molecule has 7 heteroatoms. The number of nitrogens with zero attached hydrogens (tertiary/aromatic N) is 4. The van der Waals surface area contributed by atoms with Crippen LogP contribution in [0, 0.1) is 13.8 Å². The summed E-state index contributed by atoms with van der Waals surface area (Å²) in [5.41, 5.74) is 3.26. The predicted octanol–water partition coefficient (Wildman–Crippen LogP) is 2.34. The van der Waals surface area contributed by atoms with E-state index in [1.165, 1.54) is 0 Å². The van der Waals surface area contributed by atoms with Crippen molar-refractivity contribution in [1.29, 1.82) is 0 Å². The fourth-order valence-corrected chi connectivity index (χ4v) is 2.05. The number of aryl methyl sites for hydroxylation is 3. The van der Waals surface area contributed by atoms with Crippen LogP contribution in [-0.4, -0.2) is 25.9 Å². The van der Waals surface area contributed by atoms with E-state index in [0.717, 1.165) is 16.7 Å². The van der Waals surface area contributed by atoms with E-state index in [0.29, 0.717) is 5.89 Å². The van der Waals surface area contributed by atoms with Crippen LogP contribution in [0.15, 0.2) is 34.9 Å². The number of hydrogen-bond donors (Lipinski definition) is 1. The fraction of sp³-hybridized carbons (Fsp3) is 0.200. The van der Waals surface area contributed by atoms with Gasteiger partial charge >= 0.3 is 6.01 Å². The van der Waals surface area contributed by atoms with Crippen LogP contribution in [0.1, 0.15) is 21.6 Å². The number of anilines is 1. The average molecular weight is 297 g/mol. The number of aromatic nitrogens is 4. The minimum atomic E-state index is -0.392. The Kier molecular flexibility index (Phi) is 3.46. The Morgan fingerprint density at radius 1 is 1.23 bits per heavy atom. The predicted molar refractivity (Wildman–Crippen MR) is 80.4 cm³/mol. The van der Waals surface area contributed by atoms with E-state index in [4.69, 9.17) is 4.42 Å². The van der Waals surface area contributed by atoms with Gasteiger partial charge in [0.05, 0.1) is 0 Å². The highest BCUT2D eigenvalue weighted by molar-refractivity contribution is 6.01. The largest absolute Gasteiger partial charge is 0.403 e. The summed E-state index contributed by atoms with van der Waals surface area (Å²) in [5, 5.41) is 14.4. The van der Waals surface area contributed by atoms with Gasteiger partial charge in [-0.3, -0.25) is 14.8 Å². The minimum Gasteiger partial charge on any atom is -0.403 e. The molecule has 1 N–H and O–H groups in total. The third-order valence-corrected chi connectivity index (χ3v) is 3.22. The van der Waals surface area contributed by atoms with Gasteiger partial charge in [-0.05, 0) is 31.5 Å². The third kappa shape index (κ3) is 2.73. The molecule has 3 rings (SSSR count). The zero-order valence-corrected chi connectivity index (χ0v) is 12.5. The number of rotatable bonds is 3. The molecule has 0 aliphatic rings. The molecule has 0 aliphatic heterocycles. The van der Waals surface area contributed by atoms with Crippen molar-refractivity contribution in [1.82, 2.24) is 20.0 Å². The Balaban J connectivity index is 1.82. The lowest BCUT2D eigenvalue weighted by Crippen LogP contribution is -2.13. The summed E-state index contributed by atoms with van der Waals surface area (Å²) >= 11 is 0. The number of nitrogens with one attached hydrogen (secondary N) is 1. The van der Waals surface area contributed by atoms with Gasteiger partial charge in [0.2, 0.25) is 5.89 Å². The zero-order chi connectivity index (χ0) is 15.7. The second-order valence-corrected chi connectivity index (χ2v) is 5.06. The van der Waals surface area contributed by atoms with E-state index in [-0.39, 0.29) is 11.7 Å². The van der Waals surface area contributed by atoms with Crippen LogP contribution in [-0.2, 0) is 7.05 Å². The first-order chi connectivity index (χ1) is 10.5. The summed E-state index contributed by atoms with van der Waals surface area (Å²) in [7, 11) is 1.74. The Hall–Kier alpha value is -2.96. The molecule has 0 bridgehead atoms. The van der Waals surface area contributed by atoms with Gasteiger partial charge in [0.25, 0.3) is 5.91 Å². The van der Waals surface area contributed by atoms with Crippen molar-refractivity contribution in [2.75, 3.05) is 5.32 Å². The molecule has 2 aromatic heterocycles. The van der Waals surface area contributed by atoms with Crippen LogP contribution in [0.5, 0.6) is 0 Å². The molecular weight excluding hydrogens is 282 g/mol. The smallest absolute Gasteiger partial charge is 0.322 e. The summed E-state index contributed by atoms with van der Waals surface area (Å²) in [6, 6.07) is 7.62. The van der Waals surface area contributed by atoms with E-state index in [2.05, 4.69) is 20.6 Å². The molecule has 0 unspecified atom stereocenters. The van der Waals surface area contributed by atoms with Gasteiger partial charge in [-0.25, -0.2) is 0 Å². The molecule has 0 atom stereocenters. The molecule has 0 aliphatic carbocycles. The minimum absolute atomic E-state index is 0.0477. The van der Waals surface area contributed by atoms with Crippen LogP contribution in [0.4, 0.5) is 6.01 Å². The van der Waals surface area contributed by atoms with Crippen molar-refractivity contribution >= 4 is 11.9 Å². The maximum atomic E-state index is 12.0. The van der Waals surface area contributed by atoms with E-state index >= 15 is 0 Å². The van der Waals surface area contributed by atoms with Crippen molar-refractivity contribution < 1.29 is 9.21 Å². The van der Waals surface area contributed by atoms with Crippen LogP contribution in [0.25, 0.3) is 11.5 Å². The Morgan fingerprint density at radius 2 is 2.05 bits per heavy atom. The van der Waals surface area contributed by atoms with E-state index in [1.807, 2.05) is 32.0 Å². The molecule has 0 saturated heterocycles. The highest BCUT2D eigenvalue weighted by Gasteiger charge is 2.15. The number of benzene rings is 1. The van der Waals surface area contributed by atoms with Gasteiger partial charge in [0.15, 0.2) is 5.69 Å². The zero-order valence-electron chi connectivity index (χ0n) is 12.5. The first-order valence-electron chi connectivity index (χ1n) is 6.75. The third-order valence-electron chi connectivity index (χ3n) is 3.22. The molecule has 3 aromatic rings. The average Bonchev–Trinajstić information content (AvgIpc) is 3.11. The number of hydrogen-bond acceptors (Lipinski definition) is 5. The van der Waals surface area contributed by atoms with Gasteiger partial charge in [-0.1, -0.05) is 22.8 Å². The molecule has 0 spiro atoms. The molecule has 7 nitrogen and oxygen atoms in total. The lowest BCUT2D eigenvalue weighted by molar-refractivity contribution is 0.101. The Morgan fingerprint density at radius 3 is 2.77 bits per heavy atom. The molecule has 2 heterocycles. The van der Waals surface area contributed by atoms with Crippen molar-refractivity contribution in [3.05, 3.63) is 47.3 Å². The quantitative estimate of drug-likeness (QED) is 0.802. The SMILES string of the molecule is Cc1ccc(C)c(-c2nnc(NC(=O)c3ccn(C)n3)o2)c1. The normalized spacial score (nSPS) is 10.7. The van der Waals surface area contributed by atoms with Gasteiger partial charge in [-0.15, -0.1) is 5.10 Å². The maximum Gasteiger partial charge on any atom is 0.322 e. The van der Waals surface area contributed by atoms with Crippen LogP contribution in [0.2, 0.25) is 0 Å². The molecule has 112 valence electrons. The second kappa shape index (κ2) is 5.44. The molecule has 0 fully saturated rings. The second-order valence-electron chi connectivity index (χ2n) is 5.06. The van der Waals surface area contributed by atoms with E-state index < -0.39 is 5.91 Å². The lowest BCUT2D eigenvalue weighted by atomic mass is 10.1. The van der Waals surface area contributed by atoms with Gasteiger partial charge in [0.1, 0.15) is 0 Å². The van der Waals surface area contributed by atoms with Crippen molar-refractivity contribution in [2.24, 2.45) is 7.05 Å².